The second kappa shape index (κ2) is 12.2. The number of likely N-dealkylation sites (tertiary alicyclic amines) is 1. The fourth-order valence-corrected chi connectivity index (χ4v) is 4.85. The summed E-state index contributed by atoms with van der Waals surface area (Å²) in [6.07, 6.45) is 10.3. The molecule has 8 heteroatoms. The van der Waals surface area contributed by atoms with E-state index in [-0.39, 0.29) is 11.8 Å². The number of halogens is 1. The van der Waals surface area contributed by atoms with Crippen molar-refractivity contribution in [1.29, 1.82) is 0 Å². The molecule has 1 aromatic heterocycles. The van der Waals surface area contributed by atoms with Crippen LogP contribution in [0.4, 0.5) is 5.13 Å². The minimum Gasteiger partial charge on any atom is -0.331 e. The average molecular weight is 463 g/mol. The average Bonchev–Trinajstić information content (AvgIpc) is 3.43. The molecule has 1 atom stereocenters. The lowest BCUT2D eigenvalue weighted by atomic mass is 10.1. The zero-order valence-electron chi connectivity index (χ0n) is 18.1. The van der Waals surface area contributed by atoms with Crippen LogP contribution in [0.25, 0.3) is 10.6 Å². The van der Waals surface area contributed by atoms with Crippen molar-refractivity contribution in [3.8, 4) is 10.6 Å². The number of benzene rings is 1. The topological polar surface area (TPSA) is 75.2 Å². The molecular formula is C23H31ClN4O2S. The first-order valence-electron chi connectivity index (χ1n) is 11.3. The van der Waals surface area contributed by atoms with E-state index in [4.69, 9.17) is 11.6 Å². The van der Waals surface area contributed by atoms with Crippen LogP contribution in [0.5, 0.6) is 0 Å². The van der Waals surface area contributed by atoms with Gasteiger partial charge in [0.15, 0.2) is 0 Å². The smallest absolute Gasteiger partial charge is 0.249 e. The first-order chi connectivity index (χ1) is 15.1. The molecule has 2 amide bonds. The van der Waals surface area contributed by atoms with Crippen molar-refractivity contribution in [3.05, 3.63) is 29.3 Å². The van der Waals surface area contributed by atoms with E-state index < -0.39 is 6.04 Å². The molecule has 1 aliphatic heterocycles. The first kappa shape index (κ1) is 23.7. The van der Waals surface area contributed by atoms with E-state index in [1.54, 1.807) is 11.0 Å². The molecule has 0 saturated carbocycles. The Bertz CT molecular complexity index is 873. The minimum absolute atomic E-state index is 0.0862. The molecule has 6 nitrogen and oxygen atoms in total. The molecule has 0 bridgehead atoms. The van der Waals surface area contributed by atoms with Gasteiger partial charge >= 0.3 is 0 Å². The molecule has 3 rings (SSSR count). The van der Waals surface area contributed by atoms with Gasteiger partial charge in [-0.3, -0.25) is 14.9 Å². The number of unbranched alkanes of at least 4 members (excludes halogenated alkanes) is 6. The molecule has 1 aromatic carbocycles. The van der Waals surface area contributed by atoms with E-state index >= 15 is 0 Å². The van der Waals surface area contributed by atoms with Gasteiger partial charge in [-0.15, -0.1) is 10.2 Å². The lowest BCUT2D eigenvalue weighted by Gasteiger charge is -2.23. The van der Waals surface area contributed by atoms with Crippen LogP contribution in [0.2, 0.25) is 5.02 Å². The normalized spacial score (nSPS) is 15.9. The Hall–Kier alpha value is -1.99. The molecule has 0 radical (unpaired) electrons. The van der Waals surface area contributed by atoms with Gasteiger partial charge in [0.1, 0.15) is 11.0 Å². The number of nitrogens with zero attached hydrogens (tertiary/aromatic N) is 3. The van der Waals surface area contributed by atoms with Crippen molar-refractivity contribution in [2.24, 2.45) is 0 Å². The number of hydrogen-bond acceptors (Lipinski definition) is 5. The predicted molar refractivity (Wildman–Crippen MR) is 126 cm³/mol. The maximum atomic E-state index is 12.8. The van der Waals surface area contributed by atoms with Crippen molar-refractivity contribution in [3.63, 3.8) is 0 Å². The lowest BCUT2D eigenvalue weighted by molar-refractivity contribution is -0.136. The highest BCUT2D eigenvalue weighted by atomic mass is 35.5. The molecule has 1 aliphatic rings. The third-order valence-electron chi connectivity index (χ3n) is 5.60. The summed E-state index contributed by atoms with van der Waals surface area (Å²) in [6, 6.07) is 6.95. The second-order valence-corrected chi connectivity index (χ2v) is 9.44. The number of hydrogen-bond donors (Lipinski definition) is 1. The van der Waals surface area contributed by atoms with Crippen molar-refractivity contribution >= 4 is 39.9 Å². The predicted octanol–water partition coefficient (Wildman–Crippen LogP) is 5.93. The van der Waals surface area contributed by atoms with E-state index in [0.29, 0.717) is 34.5 Å². The Morgan fingerprint density at radius 2 is 1.94 bits per heavy atom. The van der Waals surface area contributed by atoms with Gasteiger partial charge in [0, 0.05) is 23.6 Å². The molecule has 31 heavy (non-hydrogen) atoms. The molecule has 0 spiro atoms. The number of carbonyl (C=O) groups is 2. The van der Waals surface area contributed by atoms with Gasteiger partial charge in [0.05, 0.1) is 0 Å². The summed E-state index contributed by atoms with van der Waals surface area (Å²) in [5, 5.41) is 12.8. The largest absolute Gasteiger partial charge is 0.331 e. The van der Waals surface area contributed by atoms with Crippen LogP contribution in [-0.4, -0.2) is 39.5 Å². The van der Waals surface area contributed by atoms with E-state index in [0.717, 1.165) is 24.8 Å². The third kappa shape index (κ3) is 7.01. The maximum absolute atomic E-state index is 12.8. The summed E-state index contributed by atoms with van der Waals surface area (Å²) >= 11 is 7.34. The number of aromatic nitrogens is 2. The van der Waals surface area contributed by atoms with Crippen LogP contribution < -0.4 is 5.32 Å². The SMILES string of the molecule is CCCCCCCCCC(=O)N1CCC[C@H]1C(=O)Nc1nnc(-c2cccc(Cl)c2)s1. The maximum Gasteiger partial charge on any atom is 0.249 e. The van der Waals surface area contributed by atoms with Crippen LogP contribution in [-0.2, 0) is 9.59 Å². The molecule has 0 unspecified atom stereocenters. The Labute approximate surface area is 193 Å². The Morgan fingerprint density at radius 1 is 1.16 bits per heavy atom. The summed E-state index contributed by atoms with van der Waals surface area (Å²) in [5.41, 5.74) is 0.859. The minimum atomic E-state index is -0.421. The molecule has 1 saturated heterocycles. The highest BCUT2D eigenvalue weighted by Crippen LogP contribution is 2.29. The summed E-state index contributed by atoms with van der Waals surface area (Å²) in [5.74, 6) is -0.0951. The Kier molecular flexibility index (Phi) is 9.28. The molecular weight excluding hydrogens is 432 g/mol. The third-order valence-corrected chi connectivity index (χ3v) is 6.72. The first-order valence-corrected chi connectivity index (χ1v) is 12.5. The van der Waals surface area contributed by atoms with Crippen LogP contribution in [0.1, 0.15) is 71.1 Å². The summed E-state index contributed by atoms with van der Waals surface area (Å²) in [6.45, 7) is 2.86. The highest BCUT2D eigenvalue weighted by Gasteiger charge is 2.34. The number of carbonyl (C=O) groups excluding carboxylic acids is 2. The van der Waals surface area contributed by atoms with Gasteiger partial charge in [0.2, 0.25) is 16.9 Å². The number of amides is 2. The molecule has 168 valence electrons. The van der Waals surface area contributed by atoms with Gasteiger partial charge < -0.3 is 4.90 Å². The molecule has 1 fully saturated rings. The van der Waals surface area contributed by atoms with Crippen LogP contribution >= 0.6 is 22.9 Å². The quantitative estimate of drug-likeness (QED) is 0.420. The van der Waals surface area contributed by atoms with Gasteiger partial charge in [0.25, 0.3) is 0 Å². The molecule has 2 aromatic rings. The van der Waals surface area contributed by atoms with Gasteiger partial charge in [-0.1, -0.05) is 80.5 Å². The van der Waals surface area contributed by atoms with Crippen LogP contribution in [0, 0.1) is 0 Å². The zero-order valence-corrected chi connectivity index (χ0v) is 19.7. The standard InChI is InChI=1S/C23H31ClN4O2S/c1-2-3-4-5-6-7-8-14-20(29)28-15-10-13-19(28)21(30)25-23-27-26-22(31-23)17-11-9-12-18(24)16-17/h9,11-12,16,19H,2-8,10,13-15H2,1H3,(H,25,27,30)/t19-/m0/s1. The molecule has 0 aliphatic carbocycles. The van der Waals surface area contributed by atoms with Gasteiger partial charge in [-0.25, -0.2) is 0 Å². The number of rotatable bonds is 11. The lowest BCUT2D eigenvalue weighted by Crippen LogP contribution is -2.43. The molecule has 1 N–H and O–H groups in total. The fraction of sp³-hybridized carbons (Fsp3) is 0.565. The van der Waals surface area contributed by atoms with E-state index in [9.17, 15) is 9.59 Å². The monoisotopic (exact) mass is 462 g/mol. The summed E-state index contributed by atoms with van der Waals surface area (Å²) in [7, 11) is 0. The van der Waals surface area contributed by atoms with Crippen molar-refractivity contribution < 1.29 is 9.59 Å². The van der Waals surface area contributed by atoms with E-state index in [2.05, 4.69) is 22.4 Å². The number of anilines is 1. The van der Waals surface area contributed by atoms with Crippen molar-refractivity contribution in [1.82, 2.24) is 15.1 Å². The van der Waals surface area contributed by atoms with E-state index in [1.807, 2.05) is 18.2 Å². The Balaban J connectivity index is 1.48. The second-order valence-electron chi connectivity index (χ2n) is 8.03. The highest BCUT2D eigenvalue weighted by molar-refractivity contribution is 7.18. The van der Waals surface area contributed by atoms with Crippen molar-refractivity contribution in [2.75, 3.05) is 11.9 Å². The zero-order chi connectivity index (χ0) is 22.1. The van der Waals surface area contributed by atoms with Crippen LogP contribution in [0.15, 0.2) is 24.3 Å². The van der Waals surface area contributed by atoms with Crippen LogP contribution in [0.3, 0.4) is 0 Å². The van der Waals surface area contributed by atoms with E-state index in [1.165, 1.54) is 43.4 Å². The molecule has 2 heterocycles. The van der Waals surface area contributed by atoms with Crippen molar-refractivity contribution in [2.45, 2.75) is 77.2 Å². The number of nitrogens with one attached hydrogen (secondary N) is 1. The van der Waals surface area contributed by atoms with Gasteiger partial charge in [-0.2, -0.15) is 0 Å². The Morgan fingerprint density at radius 3 is 2.71 bits per heavy atom. The summed E-state index contributed by atoms with van der Waals surface area (Å²) in [4.78, 5) is 27.2. The summed E-state index contributed by atoms with van der Waals surface area (Å²) < 4.78 is 0. The van der Waals surface area contributed by atoms with Gasteiger partial charge in [-0.05, 0) is 31.4 Å². The fourth-order valence-electron chi connectivity index (χ4n) is 3.92.